The van der Waals surface area contributed by atoms with Gasteiger partial charge in [-0.1, -0.05) is 80.9 Å². The molecule has 0 saturated carbocycles. The average molecular weight is 365 g/mol. The lowest BCUT2D eigenvalue weighted by Gasteiger charge is -2.41. The molecule has 0 aliphatic rings. The topological polar surface area (TPSA) is 33.4 Å². The summed E-state index contributed by atoms with van der Waals surface area (Å²) in [6.45, 7) is 4.46. The van der Waals surface area contributed by atoms with Crippen LogP contribution >= 0.6 is 0 Å². The second kappa shape index (κ2) is 8.06. The molecule has 3 aromatic rings. The molecule has 0 fully saturated rings. The molecular weight excluding hydrogens is 336 g/mol. The van der Waals surface area contributed by atoms with E-state index in [9.17, 15) is 4.80 Å². The fraction of sp³-hybridized carbons (Fsp3) is 0.304. The van der Waals surface area contributed by atoms with Gasteiger partial charge in [0.15, 0.2) is 0 Å². The molecule has 0 amide bonds. The molecule has 0 radical (unpaired) electrons. The largest absolute Gasteiger partial charge is 0.469 e. The first-order chi connectivity index (χ1) is 12.5. The monoisotopic (exact) mass is 364 g/mol. The van der Waals surface area contributed by atoms with Crippen molar-refractivity contribution in [1.82, 2.24) is 0 Å². The molecule has 0 unspecified atom stereocenters. The second-order valence-corrected chi connectivity index (χ2v) is 11.5. The van der Waals surface area contributed by atoms with Crippen LogP contribution in [0.4, 0.5) is 0 Å². The lowest BCUT2D eigenvalue weighted by Crippen LogP contribution is -2.65. The van der Waals surface area contributed by atoms with Crippen molar-refractivity contribution in [2.45, 2.75) is 44.6 Å². The summed E-state index contributed by atoms with van der Waals surface area (Å²) in [6, 6.07) is 24.5. The first-order valence-electron chi connectivity index (χ1n) is 9.40. The van der Waals surface area contributed by atoms with E-state index in [2.05, 4.69) is 38.1 Å². The van der Waals surface area contributed by atoms with E-state index < -0.39 is 8.32 Å². The van der Waals surface area contributed by atoms with E-state index in [1.807, 2.05) is 48.5 Å². The number of hydrogen-bond donors (Lipinski definition) is 1. The van der Waals surface area contributed by atoms with Crippen LogP contribution in [-0.4, -0.2) is 13.1 Å². The normalized spacial score (nSPS) is 12.3. The molecule has 3 heteroatoms. The number of aryl methyl sites for hydroxylation is 1. The number of hydrogen-bond acceptors (Lipinski definition) is 2. The SMILES string of the molecule is CC(C)(CCCCc1ccco1)[Si](O)(c1ccccc1)c1ccccc1. The summed E-state index contributed by atoms with van der Waals surface area (Å²) in [5.41, 5.74) is 0. The first kappa shape index (κ1) is 18.7. The molecule has 3 rings (SSSR count). The third-order valence-electron chi connectivity index (χ3n) is 5.42. The minimum atomic E-state index is -2.87. The van der Waals surface area contributed by atoms with Crippen LogP contribution in [0.2, 0.25) is 5.04 Å². The Morgan fingerprint density at radius 3 is 1.88 bits per heavy atom. The quantitative estimate of drug-likeness (QED) is 0.471. The number of furan rings is 1. The van der Waals surface area contributed by atoms with Crippen molar-refractivity contribution in [2.24, 2.45) is 0 Å². The van der Waals surface area contributed by atoms with Gasteiger partial charge in [0.25, 0.3) is 8.32 Å². The molecule has 0 saturated heterocycles. The molecule has 0 spiro atoms. The highest BCUT2D eigenvalue weighted by Gasteiger charge is 2.49. The maximum Gasteiger partial charge on any atom is 0.258 e. The fourth-order valence-electron chi connectivity index (χ4n) is 3.81. The summed E-state index contributed by atoms with van der Waals surface area (Å²) in [4.78, 5) is 12.1. The molecule has 0 aliphatic carbocycles. The van der Waals surface area contributed by atoms with E-state index in [0.717, 1.165) is 41.8 Å². The molecule has 2 nitrogen and oxygen atoms in total. The molecule has 2 aromatic carbocycles. The standard InChI is InChI=1S/C23H28O2Si/c1-23(2,18-10-9-12-20-13-11-19-25-20)26(24,21-14-5-3-6-15-21)22-16-7-4-8-17-22/h3-8,11,13-17,19,24H,9-10,12,18H2,1-2H3. The molecular formula is C23H28O2Si. The van der Waals surface area contributed by atoms with E-state index >= 15 is 0 Å². The van der Waals surface area contributed by atoms with Gasteiger partial charge in [-0.05, 0) is 40.4 Å². The predicted molar refractivity (Wildman–Crippen MR) is 110 cm³/mol. The minimum Gasteiger partial charge on any atom is -0.469 e. The van der Waals surface area contributed by atoms with Crippen molar-refractivity contribution >= 4 is 18.7 Å². The Morgan fingerprint density at radius 1 is 0.808 bits per heavy atom. The van der Waals surface area contributed by atoms with Gasteiger partial charge in [0, 0.05) is 6.42 Å². The van der Waals surface area contributed by atoms with Gasteiger partial charge >= 0.3 is 0 Å². The van der Waals surface area contributed by atoms with Gasteiger partial charge in [-0.15, -0.1) is 0 Å². The van der Waals surface area contributed by atoms with Crippen molar-refractivity contribution in [3.8, 4) is 0 Å². The van der Waals surface area contributed by atoms with Gasteiger partial charge < -0.3 is 9.21 Å². The Morgan fingerprint density at radius 2 is 1.38 bits per heavy atom. The van der Waals surface area contributed by atoms with Crippen LogP contribution in [-0.2, 0) is 6.42 Å². The van der Waals surface area contributed by atoms with Gasteiger partial charge in [0.1, 0.15) is 5.76 Å². The van der Waals surface area contributed by atoms with E-state index in [-0.39, 0.29) is 5.04 Å². The third kappa shape index (κ3) is 3.84. The molecule has 136 valence electrons. The Bertz CT molecular complexity index is 740. The van der Waals surface area contributed by atoms with E-state index in [1.54, 1.807) is 6.26 Å². The maximum atomic E-state index is 12.1. The molecule has 0 aliphatic heterocycles. The predicted octanol–water partition coefficient (Wildman–Crippen LogP) is 4.52. The molecule has 0 bridgehead atoms. The van der Waals surface area contributed by atoms with Crippen LogP contribution in [0.15, 0.2) is 83.5 Å². The van der Waals surface area contributed by atoms with Crippen LogP contribution in [0.5, 0.6) is 0 Å². The minimum absolute atomic E-state index is 0.168. The van der Waals surface area contributed by atoms with Gasteiger partial charge in [-0.25, -0.2) is 0 Å². The van der Waals surface area contributed by atoms with E-state index in [0.29, 0.717) is 0 Å². The van der Waals surface area contributed by atoms with Crippen LogP contribution in [0.3, 0.4) is 0 Å². The lowest BCUT2D eigenvalue weighted by molar-refractivity contribution is 0.442. The van der Waals surface area contributed by atoms with Crippen molar-refractivity contribution in [3.05, 3.63) is 84.8 Å². The summed E-state index contributed by atoms with van der Waals surface area (Å²) >= 11 is 0. The fourth-order valence-corrected chi connectivity index (χ4v) is 7.59. The summed E-state index contributed by atoms with van der Waals surface area (Å²) in [6.07, 6.45) is 5.82. The Hall–Kier alpha value is -2.10. The molecule has 1 N–H and O–H groups in total. The Kier molecular flexibility index (Phi) is 5.79. The molecule has 1 aromatic heterocycles. The van der Waals surface area contributed by atoms with Crippen molar-refractivity contribution in [2.75, 3.05) is 0 Å². The molecule has 0 atom stereocenters. The van der Waals surface area contributed by atoms with E-state index in [1.165, 1.54) is 0 Å². The Balaban J connectivity index is 1.81. The zero-order valence-electron chi connectivity index (χ0n) is 15.7. The molecule has 1 heterocycles. The third-order valence-corrected chi connectivity index (χ3v) is 9.96. The molecule has 26 heavy (non-hydrogen) atoms. The smallest absolute Gasteiger partial charge is 0.258 e. The van der Waals surface area contributed by atoms with Crippen LogP contribution < -0.4 is 10.4 Å². The van der Waals surface area contributed by atoms with Gasteiger partial charge in [0.2, 0.25) is 0 Å². The van der Waals surface area contributed by atoms with Gasteiger partial charge in [0.05, 0.1) is 6.26 Å². The Labute approximate surface area is 157 Å². The average Bonchev–Trinajstić information content (AvgIpc) is 3.19. The number of rotatable bonds is 8. The highest BCUT2D eigenvalue weighted by atomic mass is 28.4. The number of unbranched alkanes of at least 4 members (excludes halogenated alkanes) is 1. The lowest BCUT2D eigenvalue weighted by atomic mass is 10.0. The zero-order valence-corrected chi connectivity index (χ0v) is 16.7. The highest BCUT2D eigenvalue weighted by molar-refractivity contribution is 6.98. The van der Waals surface area contributed by atoms with Gasteiger partial charge in [-0.3, -0.25) is 0 Å². The van der Waals surface area contributed by atoms with Crippen molar-refractivity contribution in [3.63, 3.8) is 0 Å². The summed E-state index contributed by atoms with van der Waals surface area (Å²) in [5, 5.41) is 2.00. The van der Waals surface area contributed by atoms with E-state index in [4.69, 9.17) is 4.42 Å². The van der Waals surface area contributed by atoms with Crippen molar-refractivity contribution in [1.29, 1.82) is 0 Å². The maximum absolute atomic E-state index is 12.1. The van der Waals surface area contributed by atoms with Crippen LogP contribution in [0.1, 0.15) is 38.9 Å². The van der Waals surface area contributed by atoms with Crippen LogP contribution in [0.25, 0.3) is 0 Å². The number of benzene rings is 2. The van der Waals surface area contributed by atoms with Crippen molar-refractivity contribution < 1.29 is 9.21 Å². The first-order valence-corrected chi connectivity index (χ1v) is 11.3. The highest BCUT2D eigenvalue weighted by Crippen LogP contribution is 2.40. The summed E-state index contributed by atoms with van der Waals surface area (Å²) in [5.74, 6) is 1.04. The summed E-state index contributed by atoms with van der Waals surface area (Å²) in [7, 11) is -2.87. The zero-order chi connectivity index (χ0) is 18.5. The second-order valence-electron chi connectivity index (χ2n) is 7.61. The summed E-state index contributed by atoms with van der Waals surface area (Å²) < 4.78 is 5.43. The van der Waals surface area contributed by atoms with Crippen LogP contribution in [0, 0.1) is 0 Å². The van der Waals surface area contributed by atoms with Gasteiger partial charge in [-0.2, -0.15) is 0 Å².